The van der Waals surface area contributed by atoms with E-state index in [-0.39, 0.29) is 11.9 Å². The number of methoxy groups -OCH3 is 3. The third kappa shape index (κ3) is 2.91. The number of hydrogen-bond donors (Lipinski definition) is 0. The molecule has 4 heteroatoms. The van der Waals surface area contributed by atoms with Crippen LogP contribution in [0.3, 0.4) is 0 Å². The Labute approximate surface area is 117 Å². The van der Waals surface area contributed by atoms with Gasteiger partial charge >= 0.3 is 0 Å². The quantitative estimate of drug-likeness (QED) is 0.835. The first kappa shape index (κ1) is 14.3. The number of ether oxygens (including phenoxy) is 3. The molecule has 0 aliphatic carbocycles. The van der Waals surface area contributed by atoms with Crippen molar-refractivity contribution in [3.63, 3.8) is 0 Å². The van der Waals surface area contributed by atoms with Crippen molar-refractivity contribution in [3.8, 4) is 11.5 Å². The molecule has 2 aromatic carbocycles. The average Bonchev–Trinajstić information content (AvgIpc) is 2.49. The lowest BCUT2D eigenvalue weighted by Crippen LogP contribution is -2.04. The van der Waals surface area contributed by atoms with Gasteiger partial charge in [-0.15, -0.1) is 0 Å². The molecule has 3 nitrogen and oxygen atoms in total. The van der Waals surface area contributed by atoms with Crippen molar-refractivity contribution in [2.45, 2.75) is 6.10 Å². The minimum absolute atomic E-state index is 0.268. The molecule has 0 fully saturated rings. The highest BCUT2D eigenvalue weighted by atomic mass is 19.1. The minimum Gasteiger partial charge on any atom is -0.493 e. The molecular formula is C16H17FO3. The predicted octanol–water partition coefficient (Wildman–Crippen LogP) is 3.58. The van der Waals surface area contributed by atoms with E-state index in [1.54, 1.807) is 33.5 Å². The standard InChI is InChI=1S/C16H17FO3/c1-18-14-9-6-12(10-15(14)19-2)16(20-3)11-4-7-13(17)8-5-11/h4-10,16H,1-3H3. The average molecular weight is 276 g/mol. The van der Waals surface area contributed by atoms with Crippen molar-refractivity contribution >= 4 is 0 Å². The number of rotatable bonds is 5. The predicted molar refractivity (Wildman–Crippen MR) is 74.8 cm³/mol. The van der Waals surface area contributed by atoms with Gasteiger partial charge in [-0.1, -0.05) is 18.2 Å². The zero-order valence-electron chi connectivity index (χ0n) is 11.7. The van der Waals surface area contributed by atoms with Crippen molar-refractivity contribution in [3.05, 3.63) is 59.4 Å². The van der Waals surface area contributed by atoms with Crippen molar-refractivity contribution in [2.75, 3.05) is 21.3 Å². The molecule has 0 aromatic heterocycles. The van der Waals surface area contributed by atoms with E-state index < -0.39 is 0 Å². The molecule has 0 heterocycles. The molecule has 2 rings (SSSR count). The molecule has 106 valence electrons. The molecular weight excluding hydrogens is 259 g/mol. The lowest BCUT2D eigenvalue weighted by atomic mass is 10.0. The smallest absolute Gasteiger partial charge is 0.161 e. The van der Waals surface area contributed by atoms with E-state index in [0.29, 0.717) is 11.5 Å². The zero-order valence-corrected chi connectivity index (χ0v) is 11.7. The van der Waals surface area contributed by atoms with Crippen LogP contribution in [0.1, 0.15) is 17.2 Å². The summed E-state index contributed by atoms with van der Waals surface area (Å²) >= 11 is 0. The number of halogens is 1. The molecule has 0 aliphatic heterocycles. The van der Waals surface area contributed by atoms with Gasteiger partial charge < -0.3 is 14.2 Å². The van der Waals surface area contributed by atoms with Gasteiger partial charge in [0.15, 0.2) is 11.5 Å². The van der Waals surface area contributed by atoms with E-state index in [1.165, 1.54) is 12.1 Å². The Kier molecular flexibility index (Phi) is 4.58. The van der Waals surface area contributed by atoms with Crippen LogP contribution in [0, 0.1) is 5.82 Å². The maximum atomic E-state index is 13.0. The van der Waals surface area contributed by atoms with E-state index in [0.717, 1.165) is 11.1 Å². The maximum Gasteiger partial charge on any atom is 0.161 e. The number of hydrogen-bond acceptors (Lipinski definition) is 3. The van der Waals surface area contributed by atoms with E-state index in [9.17, 15) is 4.39 Å². The van der Waals surface area contributed by atoms with Crippen molar-refractivity contribution in [1.82, 2.24) is 0 Å². The minimum atomic E-state index is -0.282. The van der Waals surface area contributed by atoms with Gasteiger partial charge in [0.1, 0.15) is 11.9 Å². The van der Waals surface area contributed by atoms with Crippen LogP contribution in [-0.2, 0) is 4.74 Å². The second-order valence-corrected chi connectivity index (χ2v) is 4.28. The molecule has 0 aliphatic rings. The van der Waals surface area contributed by atoms with Crippen molar-refractivity contribution < 1.29 is 18.6 Å². The Morgan fingerprint density at radius 2 is 1.40 bits per heavy atom. The van der Waals surface area contributed by atoms with Gasteiger partial charge in [0.05, 0.1) is 14.2 Å². The summed E-state index contributed by atoms with van der Waals surface area (Å²) in [5.41, 5.74) is 1.79. The third-order valence-corrected chi connectivity index (χ3v) is 3.12. The summed E-state index contributed by atoms with van der Waals surface area (Å²) in [5, 5.41) is 0. The van der Waals surface area contributed by atoms with E-state index >= 15 is 0 Å². The summed E-state index contributed by atoms with van der Waals surface area (Å²) in [6.45, 7) is 0. The molecule has 0 saturated carbocycles. The SMILES string of the molecule is COc1ccc(C(OC)c2ccc(F)cc2)cc1OC. The van der Waals surface area contributed by atoms with Crippen molar-refractivity contribution in [2.24, 2.45) is 0 Å². The van der Waals surface area contributed by atoms with Crippen LogP contribution >= 0.6 is 0 Å². The van der Waals surface area contributed by atoms with E-state index in [2.05, 4.69) is 0 Å². The molecule has 1 unspecified atom stereocenters. The van der Waals surface area contributed by atoms with Crippen LogP contribution < -0.4 is 9.47 Å². The molecule has 0 N–H and O–H groups in total. The second kappa shape index (κ2) is 6.39. The fourth-order valence-electron chi connectivity index (χ4n) is 2.12. The first-order valence-electron chi connectivity index (χ1n) is 6.19. The summed E-state index contributed by atoms with van der Waals surface area (Å²) in [7, 11) is 4.79. The highest BCUT2D eigenvalue weighted by Crippen LogP contribution is 2.33. The topological polar surface area (TPSA) is 27.7 Å². The molecule has 0 radical (unpaired) electrons. The van der Waals surface area contributed by atoms with Crippen molar-refractivity contribution in [1.29, 1.82) is 0 Å². The van der Waals surface area contributed by atoms with Crippen LogP contribution in [-0.4, -0.2) is 21.3 Å². The monoisotopic (exact) mass is 276 g/mol. The second-order valence-electron chi connectivity index (χ2n) is 4.28. The molecule has 0 amide bonds. The van der Waals surface area contributed by atoms with Gasteiger partial charge in [0.2, 0.25) is 0 Å². The maximum absolute atomic E-state index is 13.0. The molecule has 0 bridgehead atoms. The van der Waals surface area contributed by atoms with E-state index in [4.69, 9.17) is 14.2 Å². The number of benzene rings is 2. The molecule has 1 atom stereocenters. The summed E-state index contributed by atoms with van der Waals surface area (Å²) in [6, 6.07) is 11.8. The Balaban J connectivity index is 2.39. The Morgan fingerprint density at radius 1 is 0.800 bits per heavy atom. The summed E-state index contributed by atoms with van der Waals surface area (Å²) < 4.78 is 29.0. The molecule has 0 spiro atoms. The highest BCUT2D eigenvalue weighted by Gasteiger charge is 2.16. The normalized spacial score (nSPS) is 12.0. The van der Waals surface area contributed by atoms with Gasteiger partial charge in [-0.2, -0.15) is 0 Å². The first-order valence-corrected chi connectivity index (χ1v) is 6.19. The Hall–Kier alpha value is -2.07. The largest absolute Gasteiger partial charge is 0.493 e. The van der Waals surface area contributed by atoms with Gasteiger partial charge in [-0.3, -0.25) is 0 Å². The fraction of sp³-hybridized carbons (Fsp3) is 0.250. The Bertz CT molecular complexity index is 566. The zero-order chi connectivity index (χ0) is 14.5. The summed E-state index contributed by atoms with van der Waals surface area (Å²) in [6.07, 6.45) is -0.282. The molecule has 0 saturated heterocycles. The van der Waals surface area contributed by atoms with Gasteiger partial charge in [0, 0.05) is 7.11 Å². The fourth-order valence-corrected chi connectivity index (χ4v) is 2.12. The molecule has 2 aromatic rings. The highest BCUT2D eigenvalue weighted by molar-refractivity contribution is 5.45. The van der Waals surface area contributed by atoms with Crippen LogP contribution in [0.25, 0.3) is 0 Å². The van der Waals surface area contributed by atoms with Gasteiger partial charge in [0.25, 0.3) is 0 Å². The lowest BCUT2D eigenvalue weighted by molar-refractivity contribution is 0.136. The molecule has 20 heavy (non-hydrogen) atoms. The summed E-state index contributed by atoms with van der Waals surface area (Å²) in [4.78, 5) is 0. The Morgan fingerprint density at radius 3 is 1.95 bits per heavy atom. The van der Waals surface area contributed by atoms with E-state index in [1.807, 2.05) is 18.2 Å². The van der Waals surface area contributed by atoms with Crippen LogP contribution in [0.15, 0.2) is 42.5 Å². The lowest BCUT2D eigenvalue weighted by Gasteiger charge is -2.18. The summed E-state index contributed by atoms with van der Waals surface area (Å²) in [5.74, 6) is 1.02. The third-order valence-electron chi connectivity index (χ3n) is 3.12. The van der Waals surface area contributed by atoms with Gasteiger partial charge in [-0.05, 0) is 35.4 Å². The van der Waals surface area contributed by atoms with Crippen LogP contribution in [0.5, 0.6) is 11.5 Å². The van der Waals surface area contributed by atoms with Gasteiger partial charge in [-0.25, -0.2) is 4.39 Å². The van der Waals surface area contributed by atoms with Crippen LogP contribution in [0.4, 0.5) is 4.39 Å². The first-order chi connectivity index (χ1) is 9.69. The van der Waals surface area contributed by atoms with Crippen LogP contribution in [0.2, 0.25) is 0 Å².